The number of nitrogens with one attached hydrogen (secondary N) is 2. The summed E-state index contributed by atoms with van der Waals surface area (Å²) in [6.07, 6.45) is 1.83. The molecule has 6 rings (SSSR count). The molecule has 2 aliphatic heterocycles. The quantitative estimate of drug-likeness (QED) is 0.191. The van der Waals surface area contributed by atoms with Crippen molar-refractivity contribution in [3.8, 4) is 17.1 Å². The van der Waals surface area contributed by atoms with E-state index in [4.69, 9.17) is 33.2 Å². The average Bonchev–Trinajstić information content (AvgIpc) is 3.00. The fourth-order valence-corrected chi connectivity index (χ4v) is 5.77. The molecule has 2 amide bonds. The van der Waals surface area contributed by atoms with Crippen LogP contribution in [0.3, 0.4) is 0 Å². The maximum atomic E-state index is 12.5. The van der Waals surface area contributed by atoms with Crippen molar-refractivity contribution in [2.75, 3.05) is 25.0 Å². The van der Waals surface area contributed by atoms with E-state index >= 15 is 0 Å². The van der Waals surface area contributed by atoms with Gasteiger partial charge in [0.25, 0.3) is 0 Å². The number of carbonyl (C=O) groups is 1. The van der Waals surface area contributed by atoms with E-state index in [0.29, 0.717) is 22.5 Å². The van der Waals surface area contributed by atoms with Gasteiger partial charge in [0.05, 0.1) is 33.5 Å². The smallest absolute Gasteiger partial charge is 0.317 e. The topological polar surface area (TPSA) is 74.5 Å². The van der Waals surface area contributed by atoms with Crippen LogP contribution in [-0.4, -0.2) is 46.2 Å². The molecule has 0 saturated carbocycles. The molecule has 43 heavy (non-hydrogen) atoms. The first-order chi connectivity index (χ1) is 20.8. The Hall–Kier alpha value is -4.07. The van der Waals surface area contributed by atoms with Crippen molar-refractivity contribution < 1.29 is 4.79 Å². The van der Waals surface area contributed by atoms with Crippen molar-refractivity contribution in [2.45, 2.75) is 32.7 Å². The van der Waals surface area contributed by atoms with Gasteiger partial charge in [-0.05, 0) is 105 Å². The summed E-state index contributed by atoms with van der Waals surface area (Å²) in [6.45, 7) is 6.11. The second-order valence-electron chi connectivity index (χ2n) is 11.3. The van der Waals surface area contributed by atoms with E-state index in [2.05, 4.69) is 33.4 Å². The van der Waals surface area contributed by atoms with Crippen LogP contribution >= 0.6 is 23.2 Å². The van der Waals surface area contributed by atoms with Gasteiger partial charge in [-0.3, -0.25) is 4.99 Å². The number of nitrogens with zero attached hydrogens (tertiary/aromatic N) is 4. The second-order valence-corrected chi connectivity index (χ2v) is 12.2. The minimum absolute atomic E-state index is 0.0147. The minimum atomic E-state index is 0.0147. The number of anilines is 2. The molecule has 9 heteroatoms. The van der Waals surface area contributed by atoms with Crippen molar-refractivity contribution in [1.82, 2.24) is 19.8 Å². The Balaban J connectivity index is 1.41. The highest BCUT2D eigenvalue weighted by atomic mass is 35.5. The molecule has 0 bridgehead atoms. The molecule has 0 unspecified atom stereocenters. The summed E-state index contributed by atoms with van der Waals surface area (Å²) in [6, 6.07) is 28.0. The van der Waals surface area contributed by atoms with Gasteiger partial charge in [0.15, 0.2) is 0 Å². The Kier molecular flexibility index (Phi) is 8.54. The van der Waals surface area contributed by atoms with Crippen LogP contribution < -0.4 is 16.0 Å². The number of urea groups is 1. The zero-order chi connectivity index (χ0) is 29.9. The van der Waals surface area contributed by atoms with Crippen LogP contribution in [0.2, 0.25) is 10.0 Å². The molecule has 220 valence electrons. The number of likely N-dealkylation sites (tertiary alicyclic amines) is 1. The Morgan fingerprint density at radius 2 is 1.63 bits per heavy atom. The molecule has 2 heterocycles. The van der Waals surface area contributed by atoms with Crippen LogP contribution in [0.5, 0.6) is 0 Å². The van der Waals surface area contributed by atoms with E-state index in [9.17, 15) is 4.79 Å². The summed E-state index contributed by atoms with van der Waals surface area (Å²) < 4.78 is 2.21. The molecule has 3 aromatic rings. The fraction of sp³-hybridized carbons (Fsp3) is 0.265. The highest BCUT2D eigenvalue weighted by Gasteiger charge is 2.23. The number of aromatic nitrogens is 2. The molecule has 2 N–H and O–H groups in total. The lowest BCUT2D eigenvalue weighted by molar-refractivity contribution is 0.169. The number of carbonyl (C=O) groups excluding carboxylic acids is 1. The molecule has 7 nitrogen and oxygen atoms in total. The van der Waals surface area contributed by atoms with Gasteiger partial charge in [-0.15, -0.1) is 0 Å². The molecular weight excluding hydrogens is 579 g/mol. The maximum Gasteiger partial charge on any atom is 0.317 e. The van der Waals surface area contributed by atoms with Gasteiger partial charge in [0.1, 0.15) is 0 Å². The number of halogens is 2. The van der Waals surface area contributed by atoms with Crippen LogP contribution in [0.25, 0.3) is 28.1 Å². The summed E-state index contributed by atoms with van der Waals surface area (Å²) in [7, 11) is 0. The number of para-hydroxylation sites is 2. The lowest BCUT2D eigenvalue weighted by Crippen LogP contribution is -2.46. The Bertz CT molecular complexity index is 1770. The molecule has 0 spiro atoms. The number of rotatable bonds is 6. The van der Waals surface area contributed by atoms with Crippen molar-refractivity contribution in [3.63, 3.8) is 0 Å². The van der Waals surface area contributed by atoms with Crippen LogP contribution in [0.1, 0.15) is 26.7 Å². The highest BCUT2D eigenvalue weighted by Crippen LogP contribution is 2.31. The molecule has 3 aromatic carbocycles. The van der Waals surface area contributed by atoms with Crippen molar-refractivity contribution in [1.29, 1.82) is 0 Å². The monoisotopic (exact) mass is 612 g/mol. The first-order valence-corrected chi connectivity index (χ1v) is 15.4. The number of amides is 2. The van der Waals surface area contributed by atoms with Crippen molar-refractivity contribution >= 4 is 51.6 Å². The highest BCUT2D eigenvalue weighted by molar-refractivity contribution is 6.30. The van der Waals surface area contributed by atoms with Crippen LogP contribution in [-0.2, 0) is 0 Å². The third kappa shape index (κ3) is 6.63. The third-order valence-electron chi connectivity index (χ3n) is 7.74. The Morgan fingerprint density at radius 1 is 0.953 bits per heavy atom. The van der Waals surface area contributed by atoms with E-state index in [-0.39, 0.29) is 12.1 Å². The van der Waals surface area contributed by atoms with E-state index in [1.165, 1.54) is 0 Å². The molecule has 0 radical (unpaired) electrons. The first-order valence-electron chi connectivity index (χ1n) is 14.6. The van der Waals surface area contributed by atoms with Crippen LogP contribution in [0.15, 0.2) is 89.9 Å². The van der Waals surface area contributed by atoms with Gasteiger partial charge in [-0.25, -0.2) is 9.78 Å². The maximum absolute atomic E-state index is 12.5. The largest absolute Gasteiger partial charge is 0.354 e. The van der Waals surface area contributed by atoms with Gasteiger partial charge in [-0.2, -0.15) is 0 Å². The van der Waals surface area contributed by atoms with Crippen molar-refractivity contribution in [2.24, 2.45) is 10.9 Å². The Labute approximate surface area is 261 Å². The molecule has 1 saturated heterocycles. The second kappa shape index (κ2) is 12.7. The molecular formula is C34H34Cl2N6O. The summed E-state index contributed by atoms with van der Waals surface area (Å²) in [5, 5.41) is 8.77. The van der Waals surface area contributed by atoms with Crippen LogP contribution in [0, 0.1) is 5.92 Å². The molecule has 1 aliphatic carbocycles. The summed E-state index contributed by atoms with van der Waals surface area (Å²) in [5.41, 5.74) is 6.44. The SMILES string of the molecule is CC(C)NC(=O)N1CCC(CN=c2cc3n(-c4ccc(Cl)cc4)c4ccccc4nc-3cc2Nc2ccc(Cl)cc2)CC1. The summed E-state index contributed by atoms with van der Waals surface area (Å²) >= 11 is 12.4. The standard InChI is InChI=1S/C34H34Cl2N6O/c1-22(2)38-34(43)41-17-15-23(16-18-41)21-37-29-20-33-31(19-30(29)39-26-11-7-24(35)8-12-26)40-28-5-3-4-6-32(28)42(33)27-13-9-25(36)10-14-27/h3-14,19-20,22-23,39H,15-18,21H2,1-2H3,(H,38,43). The number of hydrogen-bond acceptors (Lipinski definition) is 4. The normalized spacial score (nSPS) is 14.5. The van der Waals surface area contributed by atoms with Gasteiger partial charge in [-0.1, -0.05) is 35.3 Å². The molecule has 3 aliphatic rings. The zero-order valence-electron chi connectivity index (χ0n) is 24.2. The predicted octanol–water partition coefficient (Wildman–Crippen LogP) is 7.91. The van der Waals surface area contributed by atoms with Gasteiger partial charge >= 0.3 is 6.03 Å². The number of benzene rings is 4. The van der Waals surface area contributed by atoms with Crippen molar-refractivity contribution in [3.05, 3.63) is 100 Å². The van der Waals surface area contributed by atoms with Crippen LogP contribution in [0.4, 0.5) is 16.2 Å². The first kappa shape index (κ1) is 29.0. The predicted molar refractivity (Wildman–Crippen MR) is 176 cm³/mol. The lowest BCUT2D eigenvalue weighted by atomic mass is 9.97. The third-order valence-corrected chi connectivity index (χ3v) is 8.24. The van der Waals surface area contributed by atoms with Gasteiger partial charge < -0.3 is 20.1 Å². The van der Waals surface area contributed by atoms with E-state index in [1.54, 1.807) is 0 Å². The fourth-order valence-electron chi connectivity index (χ4n) is 5.51. The number of piperidine rings is 1. The summed E-state index contributed by atoms with van der Waals surface area (Å²) in [5.74, 6) is 0.389. The molecule has 0 atom stereocenters. The average molecular weight is 614 g/mol. The minimum Gasteiger partial charge on any atom is -0.354 e. The molecule has 0 aromatic heterocycles. The van der Waals surface area contributed by atoms with Gasteiger partial charge in [0.2, 0.25) is 0 Å². The lowest BCUT2D eigenvalue weighted by Gasteiger charge is -2.32. The number of fused-ring (bicyclic) bond motifs is 2. The van der Waals surface area contributed by atoms with E-state index in [0.717, 1.165) is 70.8 Å². The molecule has 1 fully saturated rings. The van der Waals surface area contributed by atoms with E-state index < -0.39 is 0 Å². The number of hydrogen-bond donors (Lipinski definition) is 2. The van der Waals surface area contributed by atoms with Gasteiger partial charge in [0, 0.05) is 47.1 Å². The summed E-state index contributed by atoms with van der Waals surface area (Å²) in [4.78, 5) is 24.6. The Morgan fingerprint density at radius 3 is 2.33 bits per heavy atom. The zero-order valence-corrected chi connectivity index (χ0v) is 25.7. The van der Waals surface area contributed by atoms with E-state index in [1.807, 2.05) is 85.5 Å².